The van der Waals surface area contributed by atoms with E-state index in [4.69, 9.17) is 9.47 Å². The molecular weight excluding hydrogens is 348 g/mol. The number of amides is 1. The van der Waals surface area contributed by atoms with Crippen molar-refractivity contribution in [3.63, 3.8) is 0 Å². The lowest BCUT2D eigenvalue weighted by Crippen LogP contribution is -2.44. The molecule has 0 unspecified atom stereocenters. The number of carbonyl (C=O) groups excluding carboxylic acids is 1. The monoisotopic (exact) mass is 372 g/mol. The fourth-order valence-electron chi connectivity index (χ4n) is 2.25. The van der Waals surface area contributed by atoms with Crippen molar-refractivity contribution >= 4 is 12.1 Å². The first-order valence-corrected chi connectivity index (χ1v) is 8.56. The first-order chi connectivity index (χ1) is 12.7. The zero-order valence-corrected chi connectivity index (χ0v) is 15.6. The number of nitrogens with one attached hydrogen (secondary N) is 1. The zero-order valence-electron chi connectivity index (χ0n) is 15.6. The first-order valence-electron chi connectivity index (χ1n) is 8.56. The van der Waals surface area contributed by atoms with Gasteiger partial charge >= 0.3 is 12.1 Å². The summed E-state index contributed by atoms with van der Waals surface area (Å²) in [4.78, 5) is 27.2. The summed E-state index contributed by atoms with van der Waals surface area (Å²) in [5, 5.41) is 11.7. The molecule has 7 nitrogen and oxygen atoms in total. The number of alkyl carbamates (subject to hydrolysis) is 1. The van der Waals surface area contributed by atoms with Gasteiger partial charge in [-0.25, -0.2) is 9.59 Å². The van der Waals surface area contributed by atoms with Gasteiger partial charge in [-0.15, -0.1) is 0 Å². The van der Waals surface area contributed by atoms with Crippen LogP contribution in [0.15, 0.2) is 48.8 Å². The van der Waals surface area contributed by atoms with Gasteiger partial charge in [0.05, 0.1) is 0 Å². The minimum Gasteiger partial charge on any atom is -0.489 e. The molecule has 0 saturated heterocycles. The van der Waals surface area contributed by atoms with E-state index in [-0.39, 0.29) is 6.42 Å². The van der Waals surface area contributed by atoms with Crippen molar-refractivity contribution in [3.8, 4) is 5.75 Å². The average molecular weight is 372 g/mol. The maximum atomic E-state index is 11.8. The molecule has 1 aromatic carbocycles. The van der Waals surface area contributed by atoms with Gasteiger partial charge in [0.15, 0.2) is 0 Å². The van der Waals surface area contributed by atoms with Gasteiger partial charge in [-0.3, -0.25) is 4.98 Å². The minimum absolute atomic E-state index is 0.138. The number of pyridine rings is 1. The van der Waals surface area contributed by atoms with Crippen molar-refractivity contribution < 1.29 is 24.2 Å². The van der Waals surface area contributed by atoms with Crippen LogP contribution < -0.4 is 10.1 Å². The second-order valence-electron chi connectivity index (χ2n) is 7.03. The van der Waals surface area contributed by atoms with Gasteiger partial charge in [0.1, 0.15) is 24.0 Å². The molecule has 1 amide bonds. The summed E-state index contributed by atoms with van der Waals surface area (Å²) in [6, 6.07) is 9.74. The number of aliphatic carboxylic acids is 1. The number of aromatic nitrogens is 1. The number of benzene rings is 1. The van der Waals surface area contributed by atoms with Crippen molar-refractivity contribution in [1.29, 1.82) is 0 Å². The summed E-state index contributed by atoms with van der Waals surface area (Å²) in [5.41, 5.74) is 1.07. The van der Waals surface area contributed by atoms with Gasteiger partial charge in [0.25, 0.3) is 0 Å². The van der Waals surface area contributed by atoms with E-state index in [0.717, 1.165) is 11.1 Å². The molecule has 0 spiro atoms. The molecule has 2 N–H and O–H groups in total. The van der Waals surface area contributed by atoms with E-state index >= 15 is 0 Å². The Kier molecular flexibility index (Phi) is 6.76. The zero-order chi connectivity index (χ0) is 19.9. The van der Waals surface area contributed by atoms with Crippen LogP contribution in [0.3, 0.4) is 0 Å². The molecule has 2 rings (SSSR count). The summed E-state index contributed by atoms with van der Waals surface area (Å²) in [5.74, 6) is -0.457. The topological polar surface area (TPSA) is 97.8 Å². The number of nitrogens with zero attached hydrogens (tertiary/aromatic N) is 1. The second-order valence-corrected chi connectivity index (χ2v) is 7.03. The lowest BCUT2D eigenvalue weighted by Gasteiger charge is -2.22. The van der Waals surface area contributed by atoms with E-state index in [2.05, 4.69) is 10.3 Å². The Morgan fingerprint density at radius 1 is 1.07 bits per heavy atom. The van der Waals surface area contributed by atoms with Crippen LogP contribution in [0.4, 0.5) is 4.79 Å². The van der Waals surface area contributed by atoms with E-state index in [1.54, 1.807) is 57.4 Å². The van der Waals surface area contributed by atoms with E-state index in [1.807, 2.05) is 12.1 Å². The highest BCUT2D eigenvalue weighted by Crippen LogP contribution is 2.15. The number of hydrogen-bond donors (Lipinski definition) is 2. The van der Waals surface area contributed by atoms with Gasteiger partial charge in [0.2, 0.25) is 0 Å². The standard InChI is InChI=1S/C20H24N2O5/c1-20(2,3)27-19(25)22-17(18(23)24)12-14-4-6-16(7-5-14)26-13-15-8-10-21-11-9-15/h4-11,17H,12-13H2,1-3H3,(H,22,25)(H,23,24)/t17-/m0/s1. The summed E-state index contributed by atoms with van der Waals surface area (Å²) in [6.45, 7) is 5.56. The van der Waals surface area contributed by atoms with Gasteiger partial charge in [0, 0.05) is 18.8 Å². The van der Waals surface area contributed by atoms with E-state index in [1.165, 1.54) is 0 Å². The average Bonchev–Trinajstić information content (AvgIpc) is 2.60. The largest absolute Gasteiger partial charge is 0.489 e. The van der Waals surface area contributed by atoms with Gasteiger partial charge in [-0.05, 0) is 56.2 Å². The van der Waals surface area contributed by atoms with Crippen LogP contribution in [0.25, 0.3) is 0 Å². The first kappa shape index (κ1) is 20.2. The Morgan fingerprint density at radius 3 is 2.26 bits per heavy atom. The Morgan fingerprint density at radius 2 is 1.70 bits per heavy atom. The summed E-state index contributed by atoms with van der Waals surface area (Å²) in [7, 11) is 0. The molecule has 0 aliphatic carbocycles. The Bertz CT molecular complexity index is 754. The van der Waals surface area contributed by atoms with Gasteiger partial charge < -0.3 is 19.9 Å². The van der Waals surface area contributed by atoms with Crippen LogP contribution in [0, 0.1) is 0 Å². The predicted molar refractivity (Wildman–Crippen MR) is 99.5 cm³/mol. The number of carboxylic acids is 1. The van der Waals surface area contributed by atoms with Crippen molar-refractivity contribution in [2.75, 3.05) is 0 Å². The Labute approximate surface area is 158 Å². The number of carbonyl (C=O) groups is 2. The van der Waals surface area contributed by atoms with Crippen LogP contribution >= 0.6 is 0 Å². The second kappa shape index (κ2) is 9.02. The summed E-state index contributed by atoms with van der Waals surface area (Å²) >= 11 is 0. The lowest BCUT2D eigenvalue weighted by atomic mass is 10.1. The Hall–Kier alpha value is -3.09. The Balaban J connectivity index is 1.92. The van der Waals surface area contributed by atoms with Crippen LogP contribution in [0.5, 0.6) is 5.75 Å². The predicted octanol–water partition coefficient (Wildman–Crippen LogP) is 3.18. The molecule has 1 atom stereocenters. The highest BCUT2D eigenvalue weighted by atomic mass is 16.6. The quantitative estimate of drug-likeness (QED) is 0.775. The molecule has 27 heavy (non-hydrogen) atoms. The van der Waals surface area contributed by atoms with Crippen molar-refractivity contribution in [2.24, 2.45) is 0 Å². The highest BCUT2D eigenvalue weighted by Gasteiger charge is 2.24. The van der Waals surface area contributed by atoms with Crippen LogP contribution in [-0.2, 0) is 22.6 Å². The van der Waals surface area contributed by atoms with Crippen molar-refractivity contribution in [3.05, 3.63) is 59.9 Å². The summed E-state index contributed by atoms with van der Waals surface area (Å²) in [6.07, 6.45) is 2.78. The normalized spacial score (nSPS) is 12.1. The fourth-order valence-corrected chi connectivity index (χ4v) is 2.25. The molecule has 1 heterocycles. The maximum Gasteiger partial charge on any atom is 0.408 e. The van der Waals surface area contributed by atoms with Gasteiger partial charge in [-0.2, -0.15) is 0 Å². The molecule has 0 bridgehead atoms. The fraction of sp³-hybridized carbons (Fsp3) is 0.350. The van der Waals surface area contributed by atoms with Crippen LogP contribution in [0.1, 0.15) is 31.9 Å². The number of ether oxygens (including phenoxy) is 2. The molecule has 7 heteroatoms. The highest BCUT2D eigenvalue weighted by molar-refractivity contribution is 5.80. The molecule has 144 valence electrons. The van der Waals surface area contributed by atoms with E-state index in [0.29, 0.717) is 12.4 Å². The van der Waals surface area contributed by atoms with Gasteiger partial charge in [-0.1, -0.05) is 12.1 Å². The number of hydrogen-bond acceptors (Lipinski definition) is 5. The smallest absolute Gasteiger partial charge is 0.408 e. The third-order valence-electron chi connectivity index (χ3n) is 3.51. The lowest BCUT2D eigenvalue weighted by molar-refractivity contribution is -0.139. The molecular formula is C20H24N2O5. The molecule has 0 fully saturated rings. The maximum absolute atomic E-state index is 11.8. The van der Waals surface area contributed by atoms with E-state index < -0.39 is 23.7 Å². The molecule has 0 aliphatic heterocycles. The number of rotatable bonds is 7. The SMILES string of the molecule is CC(C)(C)OC(=O)N[C@@H](Cc1ccc(OCc2ccncc2)cc1)C(=O)O. The number of carboxylic acid groups (broad SMARTS) is 1. The van der Waals surface area contributed by atoms with E-state index in [9.17, 15) is 14.7 Å². The third-order valence-corrected chi connectivity index (χ3v) is 3.51. The molecule has 1 aromatic heterocycles. The van der Waals surface area contributed by atoms with Crippen LogP contribution in [-0.4, -0.2) is 33.8 Å². The molecule has 0 saturated carbocycles. The van der Waals surface area contributed by atoms with Crippen molar-refractivity contribution in [2.45, 2.75) is 45.4 Å². The molecule has 0 radical (unpaired) electrons. The van der Waals surface area contributed by atoms with Crippen LogP contribution in [0.2, 0.25) is 0 Å². The molecule has 2 aromatic rings. The minimum atomic E-state index is -1.13. The van der Waals surface area contributed by atoms with Crippen molar-refractivity contribution in [1.82, 2.24) is 10.3 Å². The molecule has 0 aliphatic rings. The summed E-state index contributed by atoms with van der Waals surface area (Å²) < 4.78 is 10.8. The third kappa shape index (κ3) is 7.35.